The number of fused-ring (bicyclic) bond motifs is 1. The van der Waals surface area contributed by atoms with Crippen LogP contribution >= 0.6 is 0 Å². The van der Waals surface area contributed by atoms with Gasteiger partial charge in [-0.1, -0.05) is 25.1 Å². The Morgan fingerprint density at radius 1 is 1.36 bits per heavy atom. The first-order valence-electron chi connectivity index (χ1n) is 7.61. The fraction of sp³-hybridized carbons (Fsp3) is 0.412. The number of amides is 1. The van der Waals surface area contributed by atoms with E-state index in [4.69, 9.17) is 0 Å². The van der Waals surface area contributed by atoms with Gasteiger partial charge in [-0.05, 0) is 25.5 Å². The molecule has 22 heavy (non-hydrogen) atoms. The van der Waals surface area contributed by atoms with Crippen LogP contribution in [0.25, 0.3) is 0 Å². The van der Waals surface area contributed by atoms with Gasteiger partial charge in [-0.2, -0.15) is 5.10 Å². The topological polar surface area (TPSA) is 50.2 Å². The van der Waals surface area contributed by atoms with E-state index in [1.807, 2.05) is 27.0 Å². The first kappa shape index (κ1) is 14.6. The maximum Gasteiger partial charge on any atom is 0.243 e. The van der Waals surface area contributed by atoms with Crippen LogP contribution in [0.4, 0.5) is 11.4 Å². The van der Waals surface area contributed by atoms with Crippen molar-refractivity contribution in [3.8, 4) is 0 Å². The second kappa shape index (κ2) is 5.48. The number of anilines is 2. The number of para-hydroxylation sites is 1. The van der Waals surface area contributed by atoms with E-state index in [9.17, 15) is 4.79 Å². The summed E-state index contributed by atoms with van der Waals surface area (Å²) in [5.74, 6) is 0.467. The molecule has 1 unspecified atom stereocenters. The molecule has 1 atom stereocenters. The second-order valence-corrected chi connectivity index (χ2v) is 6.06. The Balaban J connectivity index is 1.73. The average Bonchev–Trinajstić information content (AvgIpc) is 2.92. The van der Waals surface area contributed by atoms with Crippen LogP contribution in [0.15, 0.2) is 24.3 Å². The lowest BCUT2D eigenvalue weighted by atomic mass is 10.0. The van der Waals surface area contributed by atoms with Gasteiger partial charge in [-0.15, -0.1) is 0 Å². The summed E-state index contributed by atoms with van der Waals surface area (Å²) in [4.78, 5) is 14.6. The van der Waals surface area contributed by atoms with Crippen LogP contribution in [0.1, 0.15) is 29.8 Å². The van der Waals surface area contributed by atoms with Gasteiger partial charge in [0.25, 0.3) is 0 Å². The molecular formula is C17H22N4O. The first-order valence-corrected chi connectivity index (χ1v) is 7.61. The fourth-order valence-corrected chi connectivity index (χ4v) is 3.18. The molecule has 1 aromatic carbocycles. The number of aryl methyl sites for hydroxylation is 2. The molecule has 0 bridgehead atoms. The summed E-state index contributed by atoms with van der Waals surface area (Å²) in [5.41, 5.74) is 5.14. The second-order valence-electron chi connectivity index (χ2n) is 6.06. The third-order valence-corrected chi connectivity index (χ3v) is 4.41. The molecule has 0 fully saturated rings. The molecule has 0 saturated heterocycles. The summed E-state index contributed by atoms with van der Waals surface area (Å²) in [6.45, 7) is 7.33. The highest BCUT2D eigenvalue weighted by Crippen LogP contribution is 2.35. The Morgan fingerprint density at radius 3 is 2.77 bits per heavy atom. The van der Waals surface area contributed by atoms with Crippen LogP contribution in [0, 0.1) is 13.8 Å². The van der Waals surface area contributed by atoms with Gasteiger partial charge in [0.2, 0.25) is 5.91 Å². The Bertz CT molecular complexity index is 719. The van der Waals surface area contributed by atoms with E-state index in [-0.39, 0.29) is 5.91 Å². The Labute approximate surface area is 130 Å². The number of rotatable bonds is 3. The van der Waals surface area contributed by atoms with Crippen molar-refractivity contribution in [2.24, 2.45) is 7.05 Å². The van der Waals surface area contributed by atoms with Gasteiger partial charge in [0.1, 0.15) is 0 Å². The minimum Gasteiger partial charge on any atom is -0.361 e. The summed E-state index contributed by atoms with van der Waals surface area (Å²) in [5, 5.41) is 7.34. The zero-order valence-electron chi connectivity index (χ0n) is 13.6. The molecule has 0 aliphatic carbocycles. The normalized spacial score (nSPS) is 16.7. The Hall–Kier alpha value is -2.30. The van der Waals surface area contributed by atoms with E-state index < -0.39 is 0 Å². The Kier molecular flexibility index (Phi) is 3.64. The lowest BCUT2D eigenvalue weighted by Crippen LogP contribution is -2.32. The molecule has 1 aliphatic rings. The number of benzene rings is 1. The van der Waals surface area contributed by atoms with E-state index in [1.165, 1.54) is 11.3 Å². The van der Waals surface area contributed by atoms with E-state index in [0.29, 0.717) is 12.5 Å². The number of aromatic nitrogens is 2. The average molecular weight is 298 g/mol. The quantitative estimate of drug-likeness (QED) is 0.947. The number of carbonyl (C=O) groups excluding carboxylic acids is 1. The van der Waals surface area contributed by atoms with Crippen LogP contribution in [-0.2, 0) is 11.8 Å². The highest BCUT2D eigenvalue weighted by molar-refractivity contribution is 5.95. The van der Waals surface area contributed by atoms with E-state index in [2.05, 4.69) is 40.4 Å². The molecular weight excluding hydrogens is 276 g/mol. The number of hydrogen-bond acceptors (Lipinski definition) is 3. The van der Waals surface area contributed by atoms with Crippen LogP contribution in [0.3, 0.4) is 0 Å². The monoisotopic (exact) mass is 298 g/mol. The molecule has 0 saturated carbocycles. The number of carbonyl (C=O) groups is 1. The highest BCUT2D eigenvalue weighted by Gasteiger charge is 2.26. The van der Waals surface area contributed by atoms with Crippen LogP contribution < -0.4 is 10.2 Å². The summed E-state index contributed by atoms with van der Waals surface area (Å²) in [6.07, 6.45) is 0. The zero-order chi connectivity index (χ0) is 15.9. The van der Waals surface area contributed by atoms with Crippen molar-refractivity contribution in [1.29, 1.82) is 0 Å². The molecule has 5 heteroatoms. The third-order valence-electron chi connectivity index (χ3n) is 4.41. The maximum atomic E-state index is 12.4. The summed E-state index contributed by atoms with van der Waals surface area (Å²) < 4.78 is 1.79. The molecule has 116 valence electrons. The largest absolute Gasteiger partial charge is 0.361 e. The van der Waals surface area contributed by atoms with Crippen molar-refractivity contribution in [1.82, 2.24) is 9.78 Å². The standard InChI is InChI=1S/C17H22N4O/c1-11-9-21(15-8-6-5-7-14(11)15)10-16(22)18-17-12(2)19-20(4)13(17)3/h5-8,11H,9-10H2,1-4H3,(H,18,22). The molecule has 0 radical (unpaired) electrons. The third kappa shape index (κ3) is 2.47. The number of nitrogens with one attached hydrogen (secondary N) is 1. The van der Waals surface area contributed by atoms with Gasteiger partial charge in [0, 0.05) is 25.2 Å². The molecule has 1 aromatic heterocycles. The summed E-state index contributed by atoms with van der Waals surface area (Å²) in [6, 6.07) is 8.32. The molecule has 0 spiro atoms. The highest BCUT2D eigenvalue weighted by atomic mass is 16.2. The molecule has 1 amide bonds. The fourth-order valence-electron chi connectivity index (χ4n) is 3.18. The molecule has 1 aliphatic heterocycles. The number of nitrogens with zero attached hydrogens (tertiary/aromatic N) is 3. The van der Waals surface area contributed by atoms with Crippen LogP contribution in [0.2, 0.25) is 0 Å². The van der Waals surface area contributed by atoms with Gasteiger partial charge >= 0.3 is 0 Å². The minimum atomic E-state index is 0.00287. The van der Waals surface area contributed by atoms with Gasteiger partial charge in [-0.3, -0.25) is 9.48 Å². The lowest BCUT2D eigenvalue weighted by Gasteiger charge is -2.19. The predicted molar refractivity (Wildman–Crippen MR) is 88.4 cm³/mol. The van der Waals surface area contributed by atoms with Crippen molar-refractivity contribution >= 4 is 17.3 Å². The van der Waals surface area contributed by atoms with E-state index in [0.717, 1.165) is 23.6 Å². The van der Waals surface area contributed by atoms with Crippen molar-refractivity contribution in [3.63, 3.8) is 0 Å². The molecule has 5 nitrogen and oxygen atoms in total. The van der Waals surface area contributed by atoms with Crippen LogP contribution in [-0.4, -0.2) is 28.8 Å². The maximum absolute atomic E-state index is 12.4. The summed E-state index contributed by atoms with van der Waals surface area (Å²) >= 11 is 0. The molecule has 1 N–H and O–H groups in total. The van der Waals surface area contributed by atoms with Gasteiger partial charge in [0.05, 0.1) is 23.6 Å². The van der Waals surface area contributed by atoms with Gasteiger partial charge in [0.15, 0.2) is 0 Å². The molecule has 2 aromatic rings. The predicted octanol–water partition coefficient (Wildman–Crippen LogP) is 2.60. The lowest BCUT2D eigenvalue weighted by molar-refractivity contribution is -0.115. The van der Waals surface area contributed by atoms with Crippen molar-refractivity contribution in [2.75, 3.05) is 23.3 Å². The van der Waals surface area contributed by atoms with Crippen molar-refractivity contribution in [3.05, 3.63) is 41.2 Å². The van der Waals surface area contributed by atoms with Crippen molar-refractivity contribution < 1.29 is 4.79 Å². The summed E-state index contributed by atoms with van der Waals surface area (Å²) in [7, 11) is 1.89. The Morgan fingerprint density at radius 2 is 2.09 bits per heavy atom. The van der Waals surface area contributed by atoms with E-state index in [1.54, 1.807) is 4.68 Å². The smallest absolute Gasteiger partial charge is 0.243 e. The zero-order valence-corrected chi connectivity index (χ0v) is 13.6. The van der Waals surface area contributed by atoms with E-state index >= 15 is 0 Å². The van der Waals surface area contributed by atoms with Crippen LogP contribution in [0.5, 0.6) is 0 Å². The van der Waals surface area contributed by atoms with Gasteiger partial charge < -0.3 is 10.2 Å². The molecule has 2 heterocycles. The first-order chi connectivity index (χ1) is 10.5. The SMILES string of the molecule is Cc1nn(C)c(C)c1NC(=O)CN1CC(C)c2ccccc21. The van der Waals surface area contributed by atoms with Crippen molar-refractivity contribution in [2.45, 2.75) is 26.7 Å². The number of hydrogen-bond donors (Lipinski definition) is 1. The molecule has 3 rings (SSSR count). The minimum absolute atomic E-state index is 0.00287. The van der Waals surface area contributed by atoms with Gasteiger partial charge in [-0.25, -0.2) is 0 Å².